The molecule has 0 saturated carbocycles. The van der Waals surface area contributed by atoms with Gasteiger partial charge < -0.3 is 5.73 Å². The van der Waals surface area contributed by atoms with Crippen LogP contribution >= 0.6 is 39.9 Å². The molecule has 0 amide bonds. The van der Waals surface area contributed by atoms with Crippen LogP contribution in [0.15, 0.2) is 22.7 Å². The van der Waals surface area contributed by atoms with Crippen LogP contribution in [-0.2, 0) is 0 Å². The summed E-state index contributed by atoms with van der Waals surface area (Å²) in [5, 5.41) is 0.735. The normalized spacial score (nSPS) is 12.0. The van der Waals surface area contributed by atoms with Gasteiger partial charge in [0.2, 0.25) is 0 Å². The van der Waals surface area contributed by atoms with Gasteiger partial charge in [-0.25, -0.2) is 0 Å². The Morgan fingerprint density at radius 1 is 1.50 bits per heavy atom. The van der Waals surface area contributed by atoms with Crippen LogP contribution in [0.4, 0.5) is 0 Å². The van der Waals surface area contributed by atoms with Crippen molar-refractivity contribution in [2.24, 2.45) is 5.73 Å². The topological polar surface area (TPSA) is 26.0 Å². The molecule has 0 heterocycles. The first kappa shape index (κ1) is 14.2. The second-order valence-corrected chi connectivity index (χ2v) is 4.35. The van der Waals surface area contributed by atoms with Gasteiger partial charge in [0.1, 0.15) is 0 Å². The van der Waals surface area contributed by atoms with Crippen molar-refractivity contribution in [2.45, 2.75) is 25.8 Å². The summed E-state index contributed by atoms with van der Waals surface area (Å²) >= 11 is 9.28. The quantitative estimate of drug-likeness (QED) is 0.883. The Bertz CT molecular complexity index is 291. The third-order valence-corrected chi connectivity index (χ3v) is 2.88. The highest BCUT2D eigenvalue weighted by Crippen LogP contribution is 2.27. The molecule has 0 unspecified atom stereocenters. The van der Waals surface area contributed by atoms with E-state index in [4.69, 9.17) is 17.3 Å². The summed E-state index contributed by atoms with van der Waals surface area (Å²) in [4.78, 5) is 0. The minimum Gasteiger partial charge on any atom is -0.324 e. The second kappa shape index (κ2) is 6.67. The molecule has 14 heavy (non-hydrogen) atoms. The van der Waals surface area contributed by atoms with Crippen LogP contribution in [-0.4, -0.2) is 0 Å². The van der Waals surface area contributed by atoms with E-state index in [1.807, 2.05) is 18.2 Å². The van der Waals surface area contributed by atoms with Crippen molar-refractivity contribution in [3.8, 4) is 0 Å². The molecule has 0 saturated heterocycles. The Morgan fingerprint density at radius 2 is 2.14 bits per heavy atom. The average molecular weight is 299 g/mol. The fourth-order valence-corrected chi connectivity index (χ4v) is 2.25. The lowest BCUT2D eigenvalue weighted by molar-refractivity contribution is 0.636. The lowest BCUT2D eigenvalue weighted by Crippen LogP contribution is -2.10. The summed E-state index contributed by atoms with van der Waals surface area (Å²) in [6.07, 6.45) is 2.09. The maximum absolute atomic E-state index is 5.98. The summed E-state index contributed by atoms with van der Waals surface area (Å²) < 4.78 is 1.00. The monoisotopic (exact) mass is 297 g/mol. The van der Waals surface area contributed by atoms with Crippen LogP contribution in [0.2, 0.25) is 5.02 Å². The van der Waals surface area contributed by atoms with Gasteiger partial charge >= 0.3 is 0 Å². The van der Waals surface area contributed by atoms with Gasteiger partial charge in [-0.3, -0.25) is 0 Å². The minimum atomic E-state index is 0. The molecular formula is C10H14BrCl2N. The molecular weight excluding hydrogens is 285 g/mol. The number of benzene rings is 1. The lowest BCUT2D eigenvalue weighted by Gasteiger charge is -2.12. The van der Waals surface area contributed by atoms with E-state index in [2.05, 4.69) is 22.9 Å². The van der Waals surface area contributed by atoms with Gasteiger partial charge in [0, 0.05) is 15.5 Å². The van der Waals surface area contributed by atoms with Crippen molar-refractivity contribution in [3.63, 3.8) is 0 Å². The maximum atomic E-state index is 5.98. The van der Waals surface area contributed by atoms with Crippen LogP contribution in [0.25, 0.3) is 0 Å². The molecule has 0 aliphatic heterocycles. The van der Waals surface area contributed by atoms with Gasteiger partial charge in [-0.2, -0.15) is 0 Å². The lowest BCUT2D eigenvalue weighted by atomic mass is 10.0. The van der Waals surface area contributed by atoms with Crippen molar-refractivity contribution >= 4 is 39.9 Å². The number of halogens is 3. The Kier molecular flexibility index (Phi) is 6.79. The zero-order valence-electron chi connectivity index (χ0n) is 7.97. The molecule has 0 bridgehead atoms. The zero-order chi connectivity index (χ0) is 9.84. The largest absolute Gasteiger partial charge is 0.324 e. The van der Waals surface area contributed by atoms with E-state index in [9.17, 15) is 0 Å². The fourth-order valence-electron chi connectivity index (χ4n) is 1.27. The highest BCUT2D eigenvalue weighted by atomic mass is 79.9. The van der Waals surface area contributed by atoms with Crippen LogP contribution in [0, 0.1) is 0 Å². The molecule has 80 valence electrons. The van der Waals surface area contributed by atoms with Gasteiger partial charge in [-0.1, -0.05) is 46.9 Å². The molecule has 0 aromatic heterocycles. The standard InChI is InChI=1S/C10H13BrClN.ClH/c1-2-3-10(13)8-5-4-7(12)6-9(8)11;/h4-6,10H,2-3,13H2,1H3;1H/t10-;/m1./s1. The molecule has 1 aromatic rings. The third-order valence-electron chi connectivity index (χ3n) is 1.96. The first-order valence-corrected chi connectivity index (χ1v) is 5.52. The van der Waals surface area contributed by atoms with Crippen LogP contribution in [0.5, 0.6) is 0 Å². The molecule has 1 aromatic carbocycles. The van der Waals surface area contributed by atoms with E-state index in [0.717, 1.165) is 27.9 Å². The van der Waals surface area contributed by atoms with Gasteiger partial charge in [0.15, 0.2) is 0 Å². The van der Waals surface area contributed by atoms with Crippen molar-refractivity contribution in [1.82, 2.24) is 0 Å². The molecule has 1 nitrogen and oxygen atoms in total. The van der Waals surface area contributed by atoms with Crippen molar-refractivity contribution in [2.75, 3.05) is 0 Å². The van der Waals surface area contributed by atoms with Crippen molar-refractivity contribution in [1.29, 1.82) is 0 Å². The molecule has 2 N–H and O–H groups in total. The molecule has 0 fully saturated rings. The highest BCUT2D eigenvalue weighted by molar-refractivity contribution is 9.10. The number of hydrogen-bond donors (Lipinski definition) is 1. The number of nitrogens with two attached hydrogens (primary N) is 1. The summed E-state index contributed by atoms with van der Waals surface area (Å²) in [7, 11) is 0. The van der Waals surface area contributed by atoms with E-state index >= 15 is 0 Å². The van der Waals surface area contributed by atoms with Crippen molar-refractivity contribution in [3.05, 3.63) is 33.3 Å². The minimum absolute atomic E-state index is 0. The van der Waals surface area contributed by atoms with E-state index in [1.165, 1.54) is 0 Å². The molecule has 4 heteroatoms. The molecule has 1 atom stereocenters. The van der Waals surface area contributed by atoms with Gasteiger partial charge in [-0.05, 0) is 24.1 Å². The summed E-state index contributed by atoms with van der Waals surface area (Å²) in [6, 6.07) is 5.84. The summed E-state index contributed by atoms with van der Waals surface area (Å²) in [6.45, 7) is 2.13. The highest BCUT2D eigenvalue weighted by Gasteiger charge is 2.08. The zero-order valence-corrected chi connectivity index (χ0v) is 11.1. The molecule has 0 spiro atoms. The number of hydrogen-bond acceptors (Lipinski definition) is 1. The van der Waals surface area contributed by atoms with Crippen LogP contribution in [0.1, 0.15) is 31.4 Å². The van der Waals surface area contributed by atoms with Crippen LogP contribution < -0.4 is 5.73 Å². The molecule has 0 aliphatic carbocycles. The third kappa shape index (κ3) is 3.77. The SMILES string of the molecule is CCC[C@@H](N)c1ccc(Cl)cc1Br.Cl. The van der Waals surface area contributed by atoms with E-state index in [0.29, 0.717) is 0 Å². The summed E-state index contributed by atoms with van der Waals surface area (Å²) in [5.41, 5.74) is 7.11. The molecule has 1 rings (SSSR count). The first-order chi connectivity index (χ1) is 6.15. The molecule has 0 aliphatic rings. The van der Waals surface area contributed by atoms with Gasteiger partial charge in [0.05, 0.1) is 0 Å². The van der Waals surface area contributed by atoms with E-state index in [-0.39, 0.29) is 18.4 Å². The summed E-state index contributed by atoms with van der Waals surface area (Å²) in [5.74, 6) is 0. The second-order valence-electron chi connectivity index (χ2n) is 3.06. The predicted molar refractivity (Wildman–Crippen MR) is 68.2 cm³/mol. The fraction of sp³-hybridized carbons (Fsp3) is 0.400. The number of rotatable bonds is 3. The average Bonchev–Trinajstić information content (AvgIpc) is 2.04. The van der Waals surface area contributed by atoms with Crippen molar-refractivity contribution < 1.29 is 0 Å². The maximum Gasteiger partial charge on any atom is 0.0417 e. The predicted octanol–water partition coefficient (Wildman–Crippen LogP) is 4.32. The first-order valence-electron chi connectivity index (χ1n) is 4.35. The van der Waals surface area contributed by atoms with Crippen LogP contribution in [0.3, 0.4) is 0 Å². The Morgan fingerprint density at radius 3 is 2.64 bits per heavy atom. The van der Waals surface area contributed by atoms with E-state index in [1.54, 1.807) is 0 Å². The smallest absolute Gasteiger partial charge is 0.0417 e. The van der Waals surface area contributed by atoms with Gasteiger partial charge in [-0.15, -0.1) is 12.4 Å². The Balaban J connectivity index is 0.00000169. The van der Waals surface area contributed by atoms with E-state index < -0.39 is 0 Å². The Labute approximate surface area is 105 Å². The molecule has 0 radical (unpaired) electrons. The Hall–Kier alpha value is 0.240. The van der Waals surface area contributed by atoms with Gasteiger partial charge in [0.25, 0.3) is 0 Å².